The second-order valence-corrected chi connectivity index (χ2v) is 10.7. The van der Waals surface area contributed by atoms with Gasteiger partial charge in [0.15, 0.2) is 5.82 Å². The molecular weight excluding hydrogens is 504 g/mol. The lowest BCUT2D eigenvalue weighted by molar-refractivity contribution is -0.138. The van der Waals surface area contributed by atoms with Crippen molar-refractivity contribution in [1.82, 2.24) is 14.7 Å². The lowest BCUT2D eigenvalue weighted by Crippen LogP contribution is -2.46. The molecule has 0 spiro atoms. The fraction of sp³-hybridized carbons (Fsp3) is 0.593. The molecule has 7 nitrogen and oxygen atoms in total. The van der Waals surface area contributed by atoms with Crippen LogP contribution >= 0.6 is 0 Å². The minimum atomic E-state index is -4.59. The van der Waals surface area contributed by atoms with Crippen LogP contribution in [0.25, 0.3) is 11.3 Å². The summed E-state index contributed by atoms with van der Waals surface area (Å²) < 4.78 is 57.7. The van der Waals surface area contributed by atoms with E-state index in [0.717, 1.165) is 31.7 Å². The van der Waals surface area contributed by atoms with Gasteiger partial charge in [0.1, 0.15) is 5.67 Å². The van der Waals surface area contributed by atoms with Crippen molar-refractivity contribution in [3.63, 3.8) is 0 Å². The predicted molar refractivity (Wildman–Crippen MR) is 135 cm³/mol. The van der Waals surface area contributed by atoms with Gasteiger partial charge in [-0.25, -0.2) is 4.39 Å². The number of alkyl halides is 4. The molecule has 2 fully saturated rings. The Bertz CT molecular complexity index is 1130. The van der Waals surface area contributed by atoms with Crippen molar-refractivity contribution in [3.8, 4) is 11.3 Å². The Morgan fingerprint density at radius 2 is 1.97 bits per heavy atom. The molecule has 1 saturated heterocycles. The number of carbonyl (C=O) groups is 2. The largest absolute Gasteiger partial charge is 0.481 e. The summed E-state index contributed by atoms with van der Waals surface area (Å²) in [6.45, 7) is 2.83. The Hall–Kier alpha value is -2.95. The van der Waals surface area contributed by atoms with E-state index in [1.807, 2.05) is 4.90 Å². The highest BCUT2D eigenvalue weighted by Crippen LogP contribution is 2.41. The molecule has 1 saturated carbocycles. The number of carbonyl (C=O) groups excluding carboxylic acids is 1. The maximum atomic E-state index is 14.5. The van der Waals surface area contributed by atoms with Gasteiger partial charge in [0, 0.05) is 30.8 Å². The molecule has 208 valence electrons. The molecule has 0 radical (unpaired) electrons. The molecule has 1 unspecified atom stereocenters. The standard InChI is InChI=1S/C27H34F4N4O3/c1-26(28)12-6-13-33(17-26)14-11-20(15-25(37)38)34(18-36)24-16-23(35(32-24)19-7-2-3-8-19)21-9-4-5-10-22(21)27(29,30)31/h4-5,9-10,16,18-20H,2-3,6-8,11-15,17H2,1H3,(H,37,38)/t20-,26?/m0/s1. The second kappa shape index (κ2) is 11.4. The number of piperidine rings is 1. The smallest absolute Gasteiger partial charge is 0.417 e. The van der Waals surface area contributed by atoms with Gasteiger partial charge in [-0.2, -0.15) is 18.3 Å². The number of hydrogen-bond donors (Lipinski definition) is 1. The van der Waals surface area contributed by atoms with Gasteiger partial charge >= 0.3 is 12.1 Å². The molecule has 1 aliphatic carbocycles. The first-order valence-corrected chi connectivity index (χ1v) is 13.1. The van der Waals surface area contributed by atoms with Crippen molar-refractivity contribution >= 4 is 18.2 Å². The number of halogens is 4. The van der Waals surface area contributed by atoms with E-state index in [1.165, 1.54) is 29.2 Å². The number of carboxylic acids is 1. The van der Waals surface area contributed by atoms with Gasteiger partial charge in [-0.1, -0.05) is 31.0 Å². The van der Waals surface area contributed by atoms with E-state index in [9.17, 15) is 32.3 Å². The number of anilines is 1. The molecule has 38 heavy (non-hydrogen) atoms. The van der Waals surface area contributed by atoms with Crippen molar-refractivity contribution in [2.75, 3.05) is 24.5 Å². The molecule has 0 bridgehead atoms. The first kappa shape index (κ1) is 28.1. The van der Waals surface area contributed by atoms with Crippen LogP contribution in [0.2, 0.25) is 0 Å². The summed E-state index contributed by atoms with van der Waals surface area (Å²) in [5.41, 5.74) is -1.93. The molecule has 1 aromatic carbocycles. The maximum Gasteiger partial charge on any atom is 0.417 e. The quantitative estimate of drug-likeness (QED) is 0.310. The molecule has 2 atom stereocenters. The summed E-state index contributed by atoms with van der Waals surface area (Å²) in [5, 5.41) is 14.2. The molecule has 1 aliphatic heterocycles. The summed E-state index contributed by atoms with van der Waals surface area (Å²) in [7, 11) is 0. The monoisotopic (exact) mass is 538 g/mol. The summed E-state index contributed by atoms with van der Waals surface area (Å²) in [6.07, 6.45) is 0.269. The van der Waals surface area contributed by atoms with Gasteiger partial charge in [0.25, 0.3) is 0 Å². The van der Waals surface area contributed by atoms with Crippen LogP contribution in [0, 0.1) is 0 Å². The predicted octanol–water partition coefficient (Wildman–Crippen LogP) is 5.70. The van der Waals surface area contributed by atoms with E-state index in [-0.39, 0.29) is 42.5 Å². The molecule has 2 aromatic rings. The normalized spacial score (nSPS) is 21.9. The van der Waals surface area contributed by atoms with E-state index in [2.05, 4.69) is 5.10 Å². The number of likely N-dealkylation sites (tertiary alicyclic amines) is 1. The molecule has 2 heterocycles. The molecule has 11 heteroatoms. The van der Waals surface area contributed by atoms with Crippen LogP contribution in [0.3, 0.4) is 0 Å². The zero-order chi connectivity index (χ0) is 27.5. The number of nitrogens with zero attached hydrogens (tertiary/aromatic N) is 4. The van der Waals surface area contributed by atoms with Crippen LogP contribution in [-0.4, -0.2) is 63.5 Å². The highest BCUT2D eigenvalue weighted by Gasteiger charge is 2.36. The van der Waals surface area contributed by atoms with E-state index in [0.29, 0.717) is 32.3 Å². The van der Waals surface area contributed by atoms with Crippen molar-refractivity contribution in [1.29, 1.82) is 0 Å². The highest BCUT2D eigenvalue weighted by atomic mass is 19.4. The minimum absolute atomic E-state index is 0.0400. The lowest BCUT2D eigenvalue weighted by atomic mass is 9.96. The van der Waals surface area contributed by atoms with Gasteiger partial charge in [0.05, 0.1) is 23.7 Å². The molecule has 1 amide bonds. The first-order valence-electron chi connectivity index (χ1n) is 13.1. The zero-order valence-electron chi connectivity index (χ0n) is 21.5. The number of rotatable bonds is 10. The fourth-order valence-electron chi connectivity index (χ4n) is 5.78. The van der Waals surface area contributed by atoms with Crippen molar-refractivity contribution in [2.45, 2.75) is 82.2 Å². The average molecular weight is 539 g/mol. The summed E-state index contributed by atoms with van der Waals surface area (Å²) in [5.74, 6) is -1.01. The van der Waals surface area contributed by atoms with Gasteiger partial charge in [-0.3, -0.25) is 19.2 Å². The number of hydrogen-bond acceptors (Lipinski definition) is 4. The number of aromatic nitrogens is 2. The Morgan fingerprint density at radius 1 is 1.26 bits per heavy atom. The molecule has 2 aliphatic rings. The lowest BCUT2D eigenvalue weighted by Gasteiger charge is -2.36. The third kappa shape index (κ3) is 6.54. The second-order valence-electron chi connectivity index (χ2n) is 10.7. The van der Waals surface area contributed by atoms with E-state index < -0.39 is 29.4 Å². The van der Waals surface area contributed by atoms with Crippen molar-refractivity contribution in [3.05, 3.63) is 35.9 Å². The van der Waals surface area contributed by atoms with Crippen LogP contribution < -0.4 is 4.90 Å². The topological polar surface area (TPSA) is 78.7 Å². The SMILES string of the molecule is CC1(F)CCCN(CC[C@@H](CC(=O)O)N(C=O)c2cc(-c3ccccc3C(F)(F)F)n(C3CCCC3)n2)C1. The zero-order valence-corrected chi connectivity index (χ0v) is 21.5. The molecular formula is C27H34F4N4O3. The third-order valence-corrected chi connectivity index (χ3v) is 7.59. The van der Waals surface area contributed by atoms with Crippen LogP contribution in [0.1, 0.15) is 69.9 Å². The van der Waals surface area contributed by atoms with Gasteiger partial charge in [-0.15, -0.1) is 0 Å². The van der Waals surface area contributed by atoms with Gasteiger partial charge in [-0.05, 0) is 51.6 Å². The van der Waals surface area contributed by atoms with Crippen molar-refractivity contribution < 1.29 is 32.3 Å². The fourth-order valence-corrected chi connectivity index (χ4v) is 5.78. The van der Waals surface area contributed by atoms with Gasteiger partial charge in [0.2, 0.25) is 6.41 Å². The Kier molecular flexibility index (Phi) is 8.44. The van der Waals surface area contributed by atoms with E-state index in [1.54, 1.807) is 11.6 Å². The molecule has 4 rings (SSSR count). The van der Waals surface area contributed by atoms with Gasteiger partial charge < -0.3 is 10.0 Å². The minimum Gasteiger partial charge on any atom is -0.481 e. The highest BCUT2D eigenvalue weighted by molar-refractivity contribution is 5.79. The maximum absolute atomic E-state index is 14.5. The third-order valence-electron chi connectivity index (χ3n) is 7.59. The number of carboxylic acid groups (broad SMARTS) is 1. The Labute approximate surface area is 219 Å². The Balaban J connectivity index is 1.68. The number of benzene rings is 1. The van der Waals surface area contributed by atoms with Crippen LogP contribution in [0.4, 0.5) is 23.4 Å². The number of aliphatic carboxylic acids is 1. The number of amides is 1. The van der Waals surface area contributed by atoms with E-state index in [4.69, 9.17) is 0 Å². The van der Waals surface area contributed by atoms with Crippen molar-refractivity contribution in [2.24, 2.45) is 0 Å². The van der Waals surface area contributed by atoms with Crippen LogP contribution in [0.5, 0.6) is 0 Å². The van der Waals surface area contributed by atoms with Crippen LogP contribution in [0.15, 0.2) is 30.3 Å². The summed E-state index contributed by atoms with van der Waals surface area (Å²) in [6, 6.07) is 5.79. The summed E-state index contributed by atoms with van der Waals surface area (Å²) >= 11 is 0. The van der Waals surface area contributed by atoms with Crippen LogP contribution in [-0.2, 0) is 15.8 Å². The first-order chi connectivity index (χ1) is 18.0. The average Bonchev–Trinajstić information content (AvgIpc) is 3.52. The Morgan fingerprint density at radius 3 is 2.61 bits per heavy atom. The molecule has 1 N–H and O–H groups in total. The van der Waals surface area contributed by atoms with E-state index >= 15 is 0 Å². The molecule has 1 aromatic heterocycles. The summed E-state index contributed by atoms with van der Waals surface area (Å²) in [4.78, 5) is 27.2.